The summed E-state index contributed by atoms with van der Waals surface area (Å²) in [6.45, 7) is 0.769. The molecule has 1 saturated carbocycles. The highest BCUT2D eigenvalue weighted by atomic mass is 19.4. The van der Waals surface area contributed by atoms with Crippen LogP contribution in [0.3, 0.4) is 0 Å². The van der Waals surface area contributed by atoms with Crippen molar-refractivity contribution in [3.63, 3.8) is 0 Å². The smallest absolute Gasteiger partial charge is 0.393 e. The topological polar surface area (TPSA) is 52.6 Å². The Morgan fingerprint density at radius 3 is 2.58 bits per heavy atom. The number of rotatable bonds is 5. The summed E-state index contributed by atoms with van der Waals surface area (Å²) in [7, 11) is 1.68. The van der Waals surface area contributed by atoms with Gasteiger partial charge in [-0.15, -0.1) is 0 Å². The van der Waals surface area contributed by atoms with Crippen LogP contribution in [-0.2, 0) is 4.79 Å². The lowest BCUT2D eigenvalue weighted by Crippen LogP contribution is -2.47. The predicted octanol–water partition coefficient (Wildman–Crippen LogP) is 1.15. The van der Waals surface area contributed by atoms with Crippen molar-refractivity contribution in [2.45, 2.75) is 44.5 Å². The Kier molecular flexibility index (Phi) is 5.61. The molecule has 0 aromatic carbocycles. The zero-order chi connectivity index (χ0) is 14.6. The molecule has 112 valence electrons. The van der Waals surface area contributed by atoms with Crippen LogP contribution in [0.25, 0.3) is 0 Å². The third-order valence-electron chi connectivity index (χ3n) is 3.65. The van der Waals surface area contributed by atoms with Gasteiger partial charge in [0.1, 0.15) is 6.54 Å². The van der Waals surface area contributed by atoms with E-state index in [1.54, 1.807) is 18.9 Å². The quantitative estimate of drug-likeness (QED) is 0.795. The minimum absolute atomic E-state index is 0.0999. The maximum atomic E-state index is 12.0. The molecule has 2 N–H and O–H groups in total. The summed E-state index contributed by atoms with van der Waals surface area (Å²) in [5, 5.41) is 11.6. The SMILES string of the molecule is CC(C(=O)NCC(F)(F)F)N(C)CC1CCCC1O. The number of carbonyl (C=O) groups is 1. The monoisotopic (exact) mass is 282 g/mol. The van der Waals surface area contributed by atoms with Crippen LogP contribution in [0, 0.1) is 5.92 Å². The molecule has 1 aliphatic carbocycles. The van der Waals surface area contributed by atoms with E-state index in [4.69, 9.17) is 0 Å². The van der Waals surface area contributed by atoms with Gasteiger partial charge in [-0.05, 0) is 32.7 Å². The first-order valence-electron chi connectivity index (χ1n) is 6.43. The van der Waals surface area contributed by atoms with Crippen LogP contribution in [-0.4, -0.2) is 54.4 Å². The van der Waals surface area contributed by atoms with E-state index in [1.165, 1.54) is 0 Å². The zero-order valence-electron chi connectivity index (χ0n) is 11.2. The number of hydrogen-bond acceptors (Lipinski definition) is 3. The molecule has 1 fully saturated rings. The van der Waals surface area contributed by atoms with Crippen LogP contribution < -0.4 is 5.32 Å². The molecular weight excluding hydrogens is 261 g/mol. The summed E-state index contributed by atoms with van der Waals surface area (Å²) in [6, 6.07) is -0.643. The van der Waals surface area contributed by atoms with Crippen molar-refractivity contribution in [2.24, 2.45) is 5.92 Å². The summed E-state index contributed by atoms with van der Waals surface area (Å²) in [5.41, 5.74) is 0. The van der Waals surface area contributed by atoms with E-state index in [-0.39, 0.29) is 12.0 Å². The van der Waals surface area contributed by atoms with Gasteiger partial charge in [0, 0.05) is 6.54 Å². The number of nitrogens with zero attached hydrogens (tertiary/aromatic N) is 1. The van der Waals surface area contributed by atoms with E-state index < -0.39 is 24.7 Å². The number of aliphatic hydroxyl groups is 1. The molecular formula is C12H21F3N2O2. The van der Waals surface area contributed by atoms with Gasteiger partial charge in [0.2, 0.25) is 5.91 Å². The highest BCUT2D eigenvalue weighted by Gasteiger charge is 2.31. The zero-order valence-corrected chi connectivity index (χ0v) is 11.2. The molecule has 1 aliphatic rings. The average Bonchev–Trinajstić information content (AvgIpc) is 2.70. The van der Waals surface area contributed by atoms with Crippen LogP contribution in [0.1, 0.15) is 26.2 Å². The molecule has 19 heavy (non-hydrogen) atoms. The van der Waals surface area contributed by atoms with Gasteiger partial charge < -0.3 is 10.4 Å². The first-order chi connectivity index (χ1) is 8.70. The summed E-state index contributed by atoms with van der Waals surface area (Å²) in [6.07, 6.45) is -2.16. The molecule has 0 saturated heterocycles. The molecule has 0 spiro atoms. The summed E-state index contributed by atoms with van der Waals surface area (Å²) < 4.78 is 36.0. The highest BCUT2D eigenvalue weighted by Crippen LogP contribution is 2.26. The lowest BCUT2D eigenvalue weighted by Gasteiger charge is -2.28. The lowest BCUT2D eigenvalue weighted by atomic mass is 10.0. The largest absolute Gasteiger partial charge is 0.405 e. The van der Waals surface area contributed by atoms with Gasteiger partial charge in [0.25, 0.3) is 0 Å². The molecule has 3 atom stereocenters. The van der Waals surface area contributed by atoms with Crippen molar-refractivity contribution in [3.8, 4) is 0 Å². The molecule has 0 aromatic heterocycles. The van der Waals surface area contributed by atoms with Crippen molar-refractivity contribution in [3.05, 3.63) is 0 Å². The predicted molar refractivity (Wildman–Crippen MR) is 64.5 cm³/mol. The van der Waals surface area contributed by atoms with Gasteiger partial charge in [-0.2, -0.15) is 13.2 Å². The van der Waals surface area contributed by atoms with E-state index in [0.29, 0.717) is 6.54 Å². The van der Waals surface area contributed by atoms with Crippen LogP contribution in [0.2, 0.25) is 0 Å². The van der Waals surface area contributed by atoms with Crippen molar-refractivity contribution in [2.75, 3.05) is 20.1 Å². The number of carbonyl (C=O) groups excluding carboxylic acids is 1. The van der Waals surface area contributed by atoms with Gasteiger partial charge in [0.05, 0.1) is 12.1 Å². The Balaban J connectivity index is 2.38. The maximum Gasteiger partial charge on any atom is 0.405 e. The number of likely N-dealkylation sites (N-methyl/N-ethyl adjacent to an activating group) is 1. The fourth-order valence-corrected chi connectivity index (χ4v) is 2.29. The van der Waals surface area contributed by atoms with Crippen LogP contribution in [0.5, 0.6) is 0 Å². The van der Waals surface area contributed by atoms with E-state index in [2.05, 4.69) is 0 Å². The number of amides is 1. The molecule has 0 aliphatic heterocycles. The molecule has 0 aromatic rings. The third kappa shape index (κ3) is 5.36. The van der Waals surface area contributed by atoms with E-state index in [0.717, 1.165) is 19.3 Å². The normalized spacial score (nSPS) is 25.6. The van der Waals surface area contributed by atoms with Crippen molar-refractivity contribution < 1.29 is 23.1 Å². The lowest BCUT2D eigenvalue weighted by molar-refractivity contribution is -0.141. The van der Waals surface area contributed by atoms with Crippen LogP contribution in [0.4, 0.5) is 13.2 Å². The minimum Gasteiger partial charge on any atom is -0.393 e. The van der Waals surface area contributed by atoms with E-state index >= 15 is 0 Å². The number of aliphatic hydroxyl groups excluding tert-OH is 1. The van der Waals surface area contributed by atoms with Crippen molar-refractivity contribution >= 4 is 5.91 Å². The average molecular weight is 282 g/mol. The van der Waals surface area contributed by atoms with Gasteiger partial charge in [-0.1, -0.05) is 6.42 Å². The van der Waals surface area contributed by atoms with Crippen LogP contribution in [0.15, 0.2) is 0 Å². The standard InChI is InChI=1S/C12H21F3N2O2/c1-8(11(19)16-7-12(13,14)15)17(2)6-9-4-3-5-10(9)18/h8-10,18H,3-7H2,1-2H3,(H,16,19). The second-order valence-electron chi connectivity index (χ2n) is 5.21. The molecule has 4 nitrogen and oxygen atoms in total. The third-order valence-corrected chi connectivity index (χ3v) is 3.65. The Labute approximate surface area is 111 Å². The Morgan fingerprint density at radius 1 is 1.47 bits per heavy atom. The second-order valence-corrected chi connectivity index (χ2v) is 5.21. The Morgan fingerprint density at radius 2 is 2.11 bits per heavy atom. The van der Waals surface area contributed by atoms with Crippen molar-refractivity contribution in [1.29, 1.82) is 0 Å². The Bertz CT molecular complexity index is 310. The number of hydrogen-bond donors (Lipinski definition) is 2. The molecule has 7 heteroatoms. The van der Waals surface area contributed by atoms with Gasteiger partial charge in [-0.25, -0.2) is 0 Å². The first-order valence-corrected chi connectivity index (χ1v) is 6.43. The van der Waals surface area contributed by atoms with Gasteiger partial charge in [-0.3, -0.25) is 9.69 Å². The first kappa shape index (κ1) is 16.2. The summed E-state index contributed by atoms with van der Waals surface area (Å²) in [5.74, 6) is -0.546. The number of halogens is 3. The fraction of sp³-hybridized carbons (Fsp3) is 0.917. The van der Waals surface area contributed by atoms with E-state index in [1.807, 2.05) is 5.32 Å². The fourth-order valence-electron chi connectivity index (χ4n) is 2.29. The van der Waals surface area contributed by atoms with Crippen molar-refractivity contribution in [1.82, 2.24) is 10.2 Å². The maximum absolute atomic E-state index is 12.0. The minimum atomic E-state index is -4.39. The molecule has 0 bridgehead atoms. The molecule has 0 radical (unpaired) electrons. The second kappa shape index (κ2) is 6.56. The Hall–Kier alpha value is -0.820. The van der Waals surface area contributed by atoms with Gasteiger partial charge in [0.15, 0.2) is 0 Å². The molecule has 1 amide bonds. The summed E-state index contributed by atoms with van der Waals surface area (Å²) in [4.78, 5) is 13.3. The summed E-state index contributed by atoms with van der Waals surface area (Å²) >= 11 is 0. The van der Waals surface area contributed by atoms with E-state index in [9.17, 15) is 23.1 Å². The van der Waals surface area contributed by atoms with Crippen LogP contribution >= 0.6 is 0 Å². The highest BCUT2D eigenvalue weighted by molar-refractivity contribution is 5.81. The van der Waals surface area contributed by atoms with Gasteiger partial charge >= 0.3 is 6.18 Å². The number of alkyl halides is 3. The molecule has 3 unspecified atom stereocenters. The molecule has 0 heterocycles. The molecule has 1 rings (SSSR count). The number of nitrogens with one attached hydrogen (secondary N) is 1.